The molecule has 1 heterocycles. The molecule has 1 saturated heterocycles. The van der Waals surface area contributed by atoms with Crippen LogP contribution < -0.4 is 5.32 Å². The minimum absolute atomic E-state index is 0.317. The van der Waals surface area contributed by atoms with Crippen LogP contribution in [0, 0.1) is 5.41 Å². The van der Waals surface area contributed by atoms with E-state index in [2.05, 4.69) is 43.1 Å². The number of likely N-dealkylation sites (N-methyl/N-ethyl adjacent to an activating group) is 2. The van der Waals surface area contributed by atoms with Gasteiger partial charge in [-0.05, 0) is 53.2 Å². The fourth-order valence-corrected chi connectivity index (χ4v) is 3.53. The van der Waals surface area contributed by atoms with Crippen LogP contribution in [-0.4, -0.2) is 75.4 Å². The zero-order chi connectivity index (χ0) is 15.3. The highest BCUT2D eigenvalue weighted by atomic mass is 16.5. The Labute approximate surface area is 131 Å². The van der Waals surface area contributed by atoms with Crippen LogP contribution in [0.4, 0.5) is 0 Å². The smallest absolute Gasteiger partial charge is 0.0546 e. The summed E-state index contributed by atoms with van der Waals surface area (Å²) in [4.78, 5) is 4.93. The molecule has 4 nitrogen and oxygen atoms in total. The average Bonchev–Trinajstić information content (AvgIpc) is 3.27. The van der Waals surface area contributed by atoms with E-state index in [1.54, 1.807) is 0 Å². The van der Waals surface area contributed by atoms with E-state index in [0.29, 0.717) is 11.5 Å². The van der Waals surface area contributed by atoms with E-state index >= 15 is 0 Å². The van der Waals surface area contributed by atoms with Crippen molar-refractivity contribution in [3.8, 4) is 0 Å². The van der Waals surface area contributed by atoms with Crippen molar-refractivity contribution in [2.75, 3.05) is 53.5 Å². The molecule has 0 amide bonds. The number of nitrogens with zero attached hydrogens (tertiary/aromatic N) is 2. The van der Waals surface area contributed by atoms with Gasteiger partial charge in [0.25, 0.3) is 0 Å². The molecule has 21 heavy (non-hydrogen) atoms. The third-order valence-corrected chi connectivity index (χ3v) is 4.94. The standard InChI is InChI=1S/C17H35N3O/c1-5-20(15(2)11-19(3)4)13-17(9-6-10-21-14-17)12-18-16-7-8-16/h15-16,18H,5-14H2,1-4H3. The molecule has 2 rings (SSSR count). The van der Waals surface area contributed by atoms with Gasteiger partial charge in [-0.1, -0.05) is 6.92 Å². The van der Waals surface area contributed by atoms with Crippen LogP contribution in [0.1, 0.15) is 39.5 Å². The van der Waals surface area contributed by atoms with Gasteiger partial charge in [-0.3, -0.25) is 4.90 Å². The average molecular weight is 297 g/mol. The molecule has 0 aromatic rings. The molecule has 1 aliphatic carbocycles. The number of hydrogen-bond donors (Lipinski definition) is 1. The van der Waals surface area contributed by atoms with Gasteiger partial charge in [0.2, 0.25) is 0 Å². The molecular formula is C17H35N3O. The highest BCUT2D eigenvalue weighted by Crippen LogP contribution is 2.31. The van der Waals surface area contributed by atoms with Gasteiger partial charge in [-0.2, -0.15) is 0 Å². The minimum Gasteiger partial charge on any atom is -0.381 e. The van der Waals surface area contributed by atoms with E-state index in [0.717, 1.165) is 45.4 Å². The summed E-state index contributed by atoms with van der Waals surface area (Å²) < 4.78 is 5.87. The molecule has 1 N–H and O–H groups in total. The Morgan fingerprint density at radius 2 is 2.10 bits per heavy atom. The van der Waals surface area contributed by atoms with Crippen LogP contribution in [0.5, 0.6) is 0 Å². The molecule has 1 aliphatic heterocycles. The van der Waals surface area contributed by atoms with E-state index in [1.807, 2.05) is 0 Å². The summed E-state index contributed by atoms with van der Waals surface area (Å²) in [6.07, 6.45) is 5.25. The predicted octanol–water partition coefficient (Wildman–Crippen LogP) is 1.81. The van der Waals surface area contributed by atoms with Crippen molar-refractivity contribution in [1.82, 2.24) is 15.1 Å². The van der Waals surface area contributed by atoms with Crippen molar-refractivity contribution in [2.24, 2.45) is 5.41 Å². The number of rotatable bonds is 9. The minimum atomic E-state index is 0.317. The molecule has 0 aromatic heterocycles. The van der Waals surface area contributed by atoms with Crippen LogP contribution in [-0.2, 0) is 4.74 Å². The second kappa shape index (κ2) is 7.91. The first kappa shape index (κ1) is 17.2. The lowest BCUT2D eigenvalue weighted by molar-refractivity contribution is -0.0325. The monoisotopic (exact) mass is 297 g/mol. The number of ether oxygens (including phenoxy) is 1. The van der Waals surface area contributed by atoms with Gasteiger partial charge in [0.15, 0.2) is 0 Å². The predicted molar refractivity (Wildman–Crippen MR) is 88.8 cm³/mol. The molecule has 4 heteroatoms. The van der Waals surface area contributed by atoms with E-state index in [4.69, 9.17) is 4.74 Å². The fourth-order valence-electron chi connectivity index (χ4n) is 3.53. The van der Waals surface area contributed by atoms with Gasteiger partial charge in [0.1, 0.15) is 0 Å². The summed E-state index contributed by atoms with van der Waals surface area (Å²) in [6.45, 7) is 11.1. The third-order valence-electron chi connectivity index (χ3n) is 4.94. The Bertz CT molecular complexity index is 298. The molecule has 2 fully saturated rings. The summed E-state index contributed by atoms with van der Waals surface area (Å²) in [6, 6.07) is 1.39. The maximum absolute atomic E-state index is 5.87. The van der Waals surface area contributed by atoms with Crippen LogP contribution in [0.2, 0.25) is 0 Å². The Morgan fingerprint density at radius 3 is 2.62 bits per heavy atom. The maximum Gasteiger partial charge on any atom is 0.0546 e. The molecule has 2 atom stereocenters. The highest BCUT2D eigenvalue weighted by molar-refractivity contribution is 4.92. The van der Waals surface area contributed by atoms with E-state index in [-0.39, 0.29) is 0 Å². The molecule has 0 radical (unpaired) electrons. The second-order valence-corrected chi connectivity index (χ2v) is 7.49. The molecule has 0 aromatic carbocycles. The summed E-state index contributed by atoms with van der Waals surface area (Å²) in [5, 5.41) is 3.76. The van der Waals surface area contributed by atoms with Crippen molar-refractivity contribution in [1.29, 1.82) is 0 Å². The molecule has 2 aliphatic rings. The number of hydrogen-bond acceptors (Lipinski definition) is 4. The molecule has 0 bridgehead atoms. The normalized spacial score (nSPS) is 28.3. The quantitative estimate of drug-likeness (QED) is 0.702. The Balaban J connectivity index is 1.93. The Hall–Kier alpha value is -0.160. The zero-order valence-corrected chi connectivity index (χ0v) is 14.5. The molecule has 124 valence electrons. The van der Waals surface area contributed by atoms with Crippen molar-refractivity contribution in [3.05, 3.63) is 0 Å². The van der Waals surface area contributed by atoms with Crippen molar-refractivity contribution in [2.45, 2.75) is 51.6 Å². The van der Waals surface area contributed by atoms with Gasteiger partial charge in [0, 0.05) is 43.7 Å². The van der Waals surface area contributed by atoms with Gasteiger partial charge in [-0.15, -0.1) is 0 Å². The van der Waals surface area contributed by atoms with Gasteiger partial charge >= 0.3 is 0 Å². The van der Waals surface area contributed by atoms with Crippen LogP contribution in [0.25, 0.3) is 0 Å². The van der Waals surface area contributed by atoms with Gasteiger partial charge < -0.3 is 15.0 Å². The molecule has 1 saturated carbocycles. The van der Waals surface area contributed by atoms with E-state index < -0.39 is 0 Å². The van der Waals surface area contributed by atoms with E-state index in [1.165, 1.54) is 25.7 Å². The van der Waals surface area contributed by atoms with Crippen molar-refractivity contribution in [3.63, 3.8) is 0 Å². The van der Waals surface area contributed by atoms with Crippen molar-refractivity contribution >= 4 is 0 Å². The molecule has 2 unspecified atom stereocenters. The summed E-state index contributed by atoms with van der Waals surface area (Å²) in [5.41, 5.74) is 0.317. The molecular weight excluding hydrogens is 262 g/mol. The van der Waals surface area contributed by atoms with Gasteiger partial charge in [-0.25, -0.2) is 0 Å². The summed E-state index contributed by atoms with van der Waals surface area (Å²) in [5.74, 6) is 0. The number of nitrogens with one attached hydrogen (secondary N) is 1. The maximum atomic E-state index is 5.87. The Kier molecular flexibility index (Phi) is 6.48. The zero-order valence-electron chi connectivity index (χ0n) is 14.5. The lowest BCUT2D eigenvalue weighted by Gasteiger charge is -2.43. The lowest BCUT2D eigenvalue weighted by Crippen LogP contribution is -2.52. The summed E-state index contributed by atoms with van der Waals surface area (Å²) >= 11 is 0. The highest BCUT2D eigenvalue weighted by Gasteiger charge is 2.37. The van der Waals surface area contributed by atoms with Gasteiger partial charge in [0.05, 0.1) is 6.61 Å². The van der Waals surface area contributed by atoms with Crippen LogP contribution in [0.3, 0.4) is 0 Å². The first-order chi connectivity index (χ1) is 10.0. The Morgan fingerprint density at radius 1 is 1.33 bits per heavy atom. The largest absolute Gasteiger partial charge is 0.381 e. The molecule has 0 spiro atoms. The van der Waals surface area contributed by atoms with Crippen LogP contribution in [0.15, 0.2) is 0 Å². The summed E-state index contributed by atoms with van der Waals surface area (Å²) in [7, 11) is 4.33. The first-order valence-corrected chi connectivity index (χ1v) is 8.74. The third kappa shape index (κ3) is 5.51. The van der Waals surface area contributed by atoms with E-state index in [9.17, 15) is 0 Å². The van der Waals surface area contributed by atoms with Crippen LogP contribution >= 0.6 is 0 Å². The second-order valence-electron chi connectivity index (χ2n) is 7.49. The van der Waals surface area contributed by atoms with Crippen molar-refractivity contribution < 1.29 is 4.74 Å². The fraction of sp³-hybridized carbons (Fsp3) is 1.00. The first-order valence-electron chi connectivity index (χ1n) is 8.74. The lowest BCUT2D eigenvalue weighted by atomic mass is 9.81. The SMILES string of the molecule is CCN(CC1(CNC2CC2)CCCOC1)C(C)CN(C)C. The topological polar surface area (TPSA) is 27.7 Å².